The minimum absolute atomic E-state index is 0.240. The summed E-state index contributed by atoms with van der Waals surface area (Å²) in [4.78, 5) is 0. The summed E-state index contributed by atoms with van der Waals surface area (Å²) in [7, 11) is 1.55. The molecular formula is C16H17BrClNO2. The maximum absolute atomic E-state index is 10.7. The molecule has 0 spiro atoms. The largest absolute Gasteiger partial charge is 0.496 e. The molecule has 0 amide bonds. The van der Waals surface area contributed by atoms with Gasteiger partial charge in [-0.15, -0.1) is 0 Å². The van der Waals surface area contributed by atoms with Crippen molar-refractivity contribution in [2.24, 2.45) is 5.73 Å². The van der Waals surface area contributed by atoms with Crippen molar-refractivity contribution in [1.82, 2.24) is 0 Å². The molecule has 0 aliphatic heterocycles. The van der Waals surface area contributed by atoms with Gasteiger partial charge >= 0.3 is 0 Å². The number of aliphatic hydroxyl groups is 1. The monoisotopic (exact) mass is 369 g/mol. The summed E-state index contributed by atoms with van der Waals surface area (Å²) in [6, 6.07) is 12.9. The Kier molecular flexibility index (Phi) is 5.65. The summed E-state index contributed by atoms with van der Waals surface area (Å²) in [5, 5.41) is 11.3. The Morgan fingerprint density at radius 1 is 1.24 bits per heavy atom. The normalized spacial score (nSPS) is 13.8. The Morgan fingerprint density at radius 3 is 2.57 bits per heavy atom. The molecule has 0 heterocycles. The topological polar surface area (TPSA) is 55.5 Å². The molecule has 21 heavy (non-hydrogen) atoms. The molecule has 2 aromatic rings. The van der Waals surface area contributed by atoms with Crippen molar-refractivity contribution in [3.8, 4) is 5.75 Å². The highest BCUT2D eigenvalue weighted by atomic mass is 79.9. The van der Waals surface area contributed by atoms with Crippen LogP contribution in [0.2, 0.25) is 5.02 Å². The van der Waals surface area contributed by atoms with Crippen LogP contribution in [0, 0.1) is 0 Å². The van der Waals surface area contributed by atoms with Crippen molar-refractivity contribution in [2.45, 2.75) is 12.0 Å². The average Bonchev–Trinajstić information content (AvgIpc) is 2.49. The second-order valence-electron chi connectivity index (χ2n) is 4.69. The fourth-order valence-corrected chi connectivity index (χ4v) is 3.09. The van der Waals surface area contributed by atoms with Crippen molar-refractivity contribution < 1.29 is 9.84 Å². The van der Waals surface area contributed by atoms with Crippen LogP contribution in [0.3, 0.4) is 0 Å². The first-order valence-electron chi connectivity index (χ1n) is 6.54. The number of aliphatic hydroxyl groups excluding tert-OH is 1. The lowest BCUT2D eigenvalue weighted by molar-refractivity contribution is 0.143. The number of rotatable bonds is 5. The van der Waals surface area contributed by atoms with Crippen LogP contribution in [0.5, 0.6) is 5.75 Å². The maximum Gasteiger partial charge on any atom is 0.126 e. The molecule has 112 valence electrons. The minimum atomic E-state index is -0.777. The van der Waals surface area contributed by atoms with Gasteiger partial charge in [-0.2, -0.15) is 0 Å². The number of hydrogen-bond acceptors (Lipinski definition) is 3. The van der Waals surface area contributed by atoms with Crippen LogP contribution in [0.15, 0.2) is 46.9 Å². The fraction of sp³-hybridized carbons (Fsp3) is 0.250. The van der Waals surface area contributed by atoms with E-state index in [2.05, 4.69) is 15.9 Å². The molecule has 0 aromatic heterocycles. The van der Waals surface area contributed by atoms with Gasteiger partial charge in [-0.25, -0.2) is 0 Å². The highest BCUT2D eigenvalue weighted by molar-refractivity contribution is 9.10. The van der Waals surface area contributed by atoms with E-state index in [-0.39, 0.29) is 5.92 Å². The van der Waals surface area contributed by atoms with Crippen LogP contribution < -0.4 is 10.5 Å². The van der Waals surface area contributed by atoms with Gasteiger partial charge in [-0.3, -0.25) is 0 Å². The van der Waals surface area contributed by atoms with Gasteiger partial charge < -0.3 is 15.6 Å². The molecule has 2 atom stereocenters. The van der Waals surface area contributed by atoms with Crippen molar-refractivity contribution >= 4 is 27.5 Å². The van der Waals surface area contributed by atoms with Gasteiger partial charge in [0.2, 0.25) is 0 Å². The summed E-state index contributed by atoms with van der Waals surface area (Å²) in [5.74, 6) is 0.316. The third kappa shape index (κ3) is 3.58. The van der Waals surface area contributed by atoms with Gasteiger partial charge in [-0.05, 0) is 23.8 Å². The number of hydrogen-bond donors (Lipinski definition) is 2. The van der Waals surface area contributed by atoms with E-state index in [1.54, 1.807) is 25.3 Å². The Balaban J connectivity index is 2.41. The summed E-state index contributed by atoms with van der Waals surface area (Å²) in [6.07, 6.45) is -0.777. The summed E-state index contributed by atoms with van der Waals surface area (Å²) in [5.41, 5.74) is 7.52. The maximum atomic E-state index is 10.7. The number of ether oxygens (including phenoxy) is 1. The Bertz CT molecular complexity index is 621. The summed E-state index contributed by atoms with van der Waals surface area (Å²) < 4.78 is 6.23. The van der Waals surface area contributed by atoms with E-state index in [0.717, 1.165) is 10.0 Å². The van der Waals surface area contributed by atoms with E-state index in [4.69, 9.17) is 22.1 Å². The second kappa shape index (κ2) is 7.27. The Labute approximate surface area is 137 Å². The molecule has 5 heteroatoms. The second-order valence-corrected chi connectivity index (χ2v) is 5.99. The molecule has 2 rings (SSSR count). The zero-order valence-corrected chi connectivity index (χ0v) is 13.9. The van der Waals surface area contributed by atoms with Gasteiger partial charge in [0.25, 0.3) is 0 Å². The molecule has 0 saturated heterocycles. The van der Waals surface area contributed by atoms with Crippen molar-refractivity contribution in [3.05, 3.63) is 63.1 Å². The smallest absolute Gasteiger partial charge is 0.126 e. The van der Waals surface area contributed by atoms with Crippen LogP contribution in [-0.4, -0.2) is 18.8 Å². The number of benzene rings is 2. The Morgan fingerprint density at radius 2 is 1.95 bits per heavy atom. The number of methoxy groups -OCH3 is 1. The first-order chi connectivity index (χ1) is 10.1. The van der Waals surface area contributed by atoms with Crippen molar-refractivity contribution in [2.75, 3.05) is 13.7 Å². The van der Waals surface area contributed by atoms with Gasteiger partial charge in [0.05, 0.1) is 13.2 Å². The first kappa shape index (κ1) is 16.3. The van der Waals surface area contributed by atoms with Gasteiger partial charge in [0, 0.05) is 27.5 Å². The van der Waals surface area contributed by atoms with E-state index in [9.17, 15) is 5.11 Å². The molecule has 0 aliphatic carbocycles. The quantitative estimate of drug-likeness (QED) is 0.839. The standard InChI is InChI=1S/C16H17BrClNO2/c1-21-15-8-10(18)6-7-12(15)16(20)13(9-19)11-4-2-3-5-14(11)17/h2-8,13,16,20H,9,19H2,1H3. The third-order valence-electron chi connectivity index (χ3n) is 3.45. The molecule has 0 saturated carbocycles. The lowest BCUT2D eigenvalue weighted by Gasteiger charge is -2.24. The first-order valence-corrected chi connectivity index (χ1v) is 7.71. The minimum Gasteiger partial charge on any atom is -0.496 e. The van der Waals surface area contributed by atoms with Crippen LogP contribution in [0.4, 0.5) is 0 Å². The molecule has 3 N–H and O–H groups in total. The molecule has 0 fully saturated rings. The van der Waals surface area contributed by atoms with E-state index in [1.807, 2.05) is 24.3 Å². The third-order valence-corrected chi connectivity index (χ3v) is 4.41. The van der Waals surface area contributed by atoms with E-state index < -0.39 is 6.10 Å². The van der Waals surface area contributed by atoms with Crippen LogP contribution in [-0.2, 0) is 0 Å². The van der Waals surface area contributed by atoms with E-state index >= 15 is 0 Å². The van der Waals surface area contributed by atoms with Gasteiger partial charge in [0.15, 0.2) is 0 Å². The predicted octanol–water partition coefficient (Wildman–Crippen LogP) is 3.89. The highest BCUT2D eigenvalue weighted by Gasteiger charge is 2.25. The predicted molar refractivity (Wildman–Crippen MR) is 88.9 cm³/mol. The molecule has 3 nitrogen and oxygen atoms in total. The highest BCUT2D eigenvalue weighted by Crippen LogP contribution is 2.38. The number of nitrogens with two attached hydrogens (primary N) is 1. The van der Waals surface area contributed by atoms with Crippen LogP contribution >= 0.6 is 27.5 Å². The lowest BCUT2D eigenvalue weighted by Crippen LogP contribution is -2.21. The van der Waals surface area contributed by atoms with Crippen molar-refractivity contribution in [1.29, 1.82) is 0 Å². The molecule has 0 bridgehead atoms. The molecule has 0 radical (unpaired) electrons. The fourth-order valence-electron chi connectivity index (χ4n) is 2.35. The summed E-state index contributed by atoms with van der Waals surface area (Å²) in [6.45, 7) is 0.315. The SMILES string of the molecule is COc1cc(Cl)ccc1C(O)C(CN)c1ccccc1Br. The number of halogens is 2. The Hall–Kier alpha value is -1.07. The van der Waals surface area contributed by atoms with Crippen molar-refractivity contribution in [3.63, 3.8) is 0 Å². The lowest BCUT2D eigenvalue weighted by atomic mass is 9.89. The molecular weight excluding hydrogens is 354 g/mol. The average molecular weight is 371 g/mol. The molecule has 0 aliphatic rings. The van der Waals surface area contributed by atoms with Crippen LogP contribution in [0.25, 0.3) is 0 Å². The summed E-state index contributed by atoms with van der Waals surface area (Å²) >= 11 is 9.47. The molecule has 2 unspecified atom stereocenters. The zero-order chi connectivity index (χ0) is 15.4. The van der Waals surface area contributed by atoms with E-state index in [0.29, 0.717) is 22.9 Å². The van der Waals surface area contributed by atoms with E-state index in [1.165, 1.54) is 0 Å². The van der Waals surface area contributed by atoms with Crippen LogP contribution in [0.1, 0.15) is 23.1 Å². The van der Waals surface area contributed by atoms with Gasteiger partial charge in [0.1, 0.15) is 5.75 Å². The molecule has 2 aromatic carbocycles. The zero-order valence-electron chi connectivity index (χ0n) is 11.6. The van der Waals surface area contributed by atoms with Gasteiger partial charge in [-0.1, -0.05) is 51.8 Å².